The lowest BCUT2D eigenvalue weighted by Gasteiger charge is -2.16. The summed E-state index contributed by atoms with van der Waals surface area (Å²) in [5.41, 5.74) is 5.67. The third-order valence-corrected chi connectivity index (χ3v) is 2.64. The van der Waals surface area contributed by atoms with E-state index in [4.69, 9.17) is 10.8 Å². The zero-order valence-electron chi connectivity index (χ0n) is 9.15. The molecule has 4 nitrogen and oxygen atoms in total. The highest BCUT2D eigenvalue weighted by molar-refractivity contribution is 5.81. The molecular formula is C11H20N2O2. The van der Waals surface area contributed by atoms with Gasteiger partial charge in [-0.1, -0.05) is 12.2 Å². The molecule has 4 N–H and O–H groups in total. The number of nitrogens with one attached hydrogen (secondary N) is 1. The first-order valence-corrected chi connectivity index (χ1v) is 5.48. The van der Waals surface area contributed by atoms with Crippen molar-refractivity contribution in [1.29, 1.82) is 0 Å². The third kappa shape index (κ3) is 4.01. The van der Waals surface area contributed by atoms with Crippen LogP contribution < -0.4 is 11.1 Å². The minimum atomic E-state index is -0.0726. The average Bonchev–Trinajstić information content (AvgIpc) is 2.61. The Morgan fingerprint density at radius 1 is 1.67 bits per heavy atom. The molecule has 0 saturated heterocycles. The van der Waals surface area contributed by atoms with Gasteiger partial charge in [0.2, 0.25) is 5.91 Å². The van der Waals surface area contributed by atoms with Crippen LogP contribution in [0.2, 0.25) is 0 Å². The predicted molar refractivity (Wildman–Crippen MR) is 59.1 cm³/mol. The normalized spacial score (nSPS) is 26.6. The minimum absolute atomic E-state index is 0.0218. The maximum Gasteiger partial charge on any atom is 0.227 e. The van der Waals surface area contributed by atoms with Crippen LogP contribution in [0, 0.1) is 5.92 Å². The fraction of sp³-hybridized carbons (Fsp3) is 0.727. The van der Waals surface area contributed by atoms with Crippen LogP contribution in [-0.2, 0) is 4.79 Å². The van der Waals surface area contributed by atoms with E-state index in [1.165, 1.54) is 0 Å². The molecule has 0 fully saturated rings. The Balaban J connectivity index is 2.26. The number of aliphatic hydroxyl groups is 1. The third-order valence-electron chi connectivity index (χ3n) is 2.64. The first kappa shape index (κ1) is 12.2. The minimum Gasteiger partial charge on any atom is -0.396 e. The molecule has 0 aromatic heterocycles. The van der Waals surface area contributed by atoms with Gasteiger partial charge in [-0.05, 0) is 26.2 Å². The Morgan fingerprint density at radius 2 is 2.40 bits per heavy atom. The molecule has 0 aliphatic heterocycles. The summed E-state index contributed by atoms with van der Waals surface area (Å²) in [6.07, 6.45) is 5.99. The molecule has 86 valence electrons. The molecule has 1 rings (SSSR count). The molecule has 3 atom stereocenters. The highest BCUT2D eigenvalue weighted by atomic mass is 16.2. The van der Waals surface area contributed by atoms with E-state index in [-0.39, 0.29) is 30.5 Å². The fourth-order valence-corrected chi connectivity index (χ4v) is 1.74. The van der Waals surface area contributed by atoms with Gasteiger partial charge in [0.25, 0.3) is 0 Å². The summed E-state index contributed by atoms with van der Waals surface area (Å²) in [7, 11) is 0. The topological polar surface area (TPSA) is 75.3 Å². The average molecular weight is 212 g/mol. The maximum absolute atomic E-state index is 11.7. The Bertz CT molecular complexity index is 241. The molecule has 0 aromatic carbocycles. The summed E-state index contributed by atoms with van der Waals surface area (Å²) >= 11 is 0. The van der Waals surface area contributed by atoms with Gasteiger partial charge in [0, 0.05) is 18.7 Å². The Hall–Kier alpha value is -0.870. The van der Waals surface area contributed by atoms with Crippen LogP contribution in [0.1, 0.15) is 26.2 Å². The zero-order chi connectivity index (χ0) is 11.3. The van der Waals surface area contributed by atoms with Crippen molar-refractivity contribution in [2.45, 2.75) is 38.3 Å². The van der Waals surface area contributed by atoms with Crippen LogP contribution in [0.25, 0.3) is 0 Å². The van der Waals surface area contributed by atoms with Crippen LogP contribution in [0.4, 0.5) is 0 Å². The van der Waals surface area contributed by atoms with Gasteiger partial charge < -0.3 is 16.2 Å². The number of aliphatic hydroxyl groups excluding tert-OH is 1. The van der Waals surface area contributed by atoms with Crippen molar-refractivity contribution in [3.63, 3.8) is 0 Å². The smallest absolute Gasteiger partial charge is 0.227 e. The lowest BCUT2D eigenvalue weighted by Crippen LogP contribution is -2.37. The molecule has 0 spiro atoms. The molecule has 1 aliphatic rings. The van der Waals surface area contributed by atoms with Gasteiger partial charge in [-0.2, -0.15) is 0 Å². The van der Waals surface area contributed by atoms with Gasteiger partial charge in [0.1, 0.15) is 0 Å². The first-order chi connectivity index (χ1) is 7.13. The van der Waals surface area contributed by atoms with Crippen LogP contribution in [0.15, 0.2) is 12.2 Å². The Kier molecular flexibility index (Phi) is 4.78. The van der Waals surface area contributed by atoms with E-state index in [2.05, 4.69) is 5.32 Å². The van der Waals surface area contributed by atoms with E-state index in [9.17, 15) is 4.79 Å². The van der Waals surface area contributed by atoms with Crippen molar-refractivity contribution in [3.8, 4) is 0 Å². The van der Waals surface area contributed by atoms with E-state index in [1.807, 2.05) is 19.1 Å². The molecule has 0 aromatic rings. The fourth-order valence-electron chi connectivity index (χ4n) is 1.74. The number of carbonyl (C=O) groups excluding carboxylic acids is 1. The number of hydrogen-bond donors (Lipinski definition) is 3. The second-order valence-corrected chi connectivity index (χ2v) is 4.17. The summed E-state index contributed by atoms with van der Waals surface area (Å²) in [6, 6.07) is 0.142. The second kappa shape index (κ2) is 5.88. The summed E-state index contributed by atoms with van der Waals surface area (Å²) in [6.45, 7) is 2.13. The van der Waals surface area contributed by atoms with Gasteiger partial charge in [-0.3, -0.25) is 4.79 Å². The number of carbonyl (C=O) groups is 1. The van der Waals surface area contributed by atoms with E-state index in [0.29, 0.717) is 6.42 Å². The van der Waals surface area contributed by atoms with Gasteiger partial charge in [-0.25, -0.2) is 0 Å². The lowest BCUT2D eigenvalue weighted by molar-refractivity contribution is -0.124. The van der Waals surface area contributed by atoms with Crippen LogP contribution >= 0.6 is 0 Å². The van der Waals surface area contributed by atoms with Crippen molar-refractivity contribution in [1.82, 2.24) is 5.32 Å². The Labute approximate surface area is 90.5 Å². The number of rotatable bonds is 5. The molecular weight excluding hydrogens is 192 g/mol. The predicted octanol–water partition coefficient (Wildman–Crippen LogP) is 0.167. The number of nitrogens with two attached hydrogens (primary N) is 1. The molecule has 0 radical (unpaired) electrons. The van der Waals surface area contributed by atoms with Crippen LogP contribution in [0.3, 0.4) is 0 Å². The van der Waals surface area contributed by atoms with Crippen molar-refractivity contribution in [2.75, 3.05) is 6.61 Å². The monoisotopic (exact) mass is 212 g/mol. The summed E-state index contributed by atoms with van der Waals surface area (Å²) in [5, 5.41) is 11.6. The highest BCUT2D eigenvalue weighted by Crippen LogP contribution is 2.16. The van der Waals surface area contributed by atoms with E-state index < -0.39 is 0 Å². The second-order valence-electron chi connectivity index (χ2n) is 4.17. The molecule has 0 heterocycles. The van der Waals surface area contributed by atoms with Crippen molar-refractivity contribution >= 4 is 5.91 Å². The SMILES string of the molecule is CC(CCCO)NC(=O)C1C=CC(N)C1. The van der Waals surface area contributed by atoms with E-state index in [0.717, 1.165) is 12.8 Å². The molecule has 3 unspecified atom stereocenters. The summed E-state index contributed by atoms with van der Waals surface area (Å²) in [4.78, 5) is 11.7. The zero-order valence-corrected chi connectivity index (χ0v) is 9.15. The summed E-state index contributed by atoms with van der Waals surface area (Å²) < 4.78 is 0. The molecule has 0 saturated carbocycles. The molecule has 4 heteroatoms. The largest absolute Gasteiger partial charge is 0.396 e. The van der Waals surface area contributed by atoms with E-state index in [1.54, 1.807) is 0 Å². The molecule has 0 bridgehead atoms. The standard InChI is InChI=1S/C11H20N2O2/c1-8(3-2-6-14)13-11(15)9-4-5-10(12)7-9/h4-5,8-10,14H,2-3,6-7,12H2,1H3,(H,13,15). The highest BCUT2D eigenvalue weighted by Gasteiger charge is 2.23. The van der Waals surface area contributed by atoms with Crippen LogP contribution in [-0.4, -0.2) is 29.7 Å². The van der Waals surface area contributed by atoms with Gasteiger partial charge in [-0.15, -0.1) is 0 Å². The van der Waals surface area contributed by atoms with Crippen molar-refractivity contribution < 1.29 is 9.90 Å². The van der Waals surface area contributed by atoms with Crippen molar-refractivity contribution in [2.24, 2.45) is 11.7 Å². The van der Waals surface area contributed by atoms with Crippen LogP contribution in [0.5, 0.6) is 0 Å². The van der Waals surface area contributed by atoms with Crippen molar-refractivity contribution in [3.05, 3.63) is 12.2 Å². The first-order valence-electron chi connectivity index (χ1n) is 5.48. The summed E-state index contributed by atoms with van der Waals surface area (Å²) in [5.74, 6) is -0.0267. The van der Waals surface area contributed by atoms with Gasteiger partial charge >= 0.3 is 0 Å². The number of amides is 1. The van der Waals surface area contributed by atoms with E-state index >= 15 is 0 Å². The Morgan fingerprint density at radius 3 is 2.93 bits per heavy atom. The quantitative estimate of drug-likeness (QED) is 0.568. The lowest BCUT2D eigenvalue weighted by atomic mass is 10.1. The molecule has 1 aliphatic carbocycles. The number of hydrogen-bond acceptors (Lipinski definition) is 3. The molecule has 1 amide bonds. The maximum atomic E-state index is 11.7. The van der Waals surface area contributed by atoms with Gasteiger partial charge in [0.05, 0.1) is 5.92 Å². The van der Waals surface area contributed by atoms with Gasteiger partial charge in [0.15, 0.2) is 0 Å². The molecule has 15 heavy (non-hydrogen) atoms.